The summed E-state index contributed by atoms with van der Waals surface area (Å²) < 4.78 is 73.5. The molecule has 0 spiro atoms. The lowest BCUT2D eigenvalue weighted by atomic mass is 9.84. The first kappa shape index (κ1) is 109. The number of esters is 4. The molecule has 0 aromatic heterocycles. The fourth-order valence-corrected chi connectivity index (χ4v) is 16.9. The lowest BCUT2D eigenvalue weighted by Gasteiger charge is -2.50. The molecular formula is C92H171O25P. The summed E-state index contributed by atoms with van der Waals surface area (Å²) in [4.78, 5) is 66.5. The number of aliphatic hydroxyl groups is 9. The topological polar surface area (TPSA) is 380 Å². The van der Waals surface area contributed by atoms with Gasteiger partial charge in [-0.2, -0.15) is 0 Å². The van der Waals surface area contributed by atoms with Gasteiger partial charge in [0.1, 0.15) is 92.6 Å². The average molecular weight is 1710 g/mol. The summed E-state index contributed by atoms with van der Waals surface area (Å²) >= 11 is 0. The number of allylic oxidation sites excluding steroid dienone is 2. The summed E-state index contributed by atoms with van der Waals surface area (Å²) in [5, 5.41) is 102. The molecule has 3 rings (SSSR count). The van der Waals surface area contributed by atoms with Crippen LogP contribution in [0.5, 0.6) is 0 Å². The van der Waals surface area contributed by atoms with Gasteiger partial charge in [-0.25, -0.2) is 4.57 Å². The molecule has 10 N–H and O–H groups in total. The van der Waals surface area contributed by atoms with Crippen LogP contribution in [0.3, 0.4) is 0 Å². The smallest absolute Gasteiger partial charge is 0.463 e. The van der Waals surface area contributed by atoms with Crippen molar-refractivity contribution in [3.8, 4) is 0 Å². The molecule has 26 heteroatoms. The van der Waals surface area contributed by atoms with Gasteiger partial charge in [0.05, 0.1) is 13.2 Å². The maximum absolute atomic E-state index is 14.9. The third-order valence-electron chi connectivity index (χ3n) is 23.5. The molecule has 118 heavy (non-hydrogen) atoms. The monoisotopic (exact) mass is 1710 g/mol. The first-order valence-electron chi connectivity index (χ1n) is 47.9. The van der Waals surface area contributed by atoms with Crippen molar-refractivity contribution in [2.45, 2.75) is 524 Å². The minimum atomic E-state index is -5.81. The summed E-state index contributed by atoms with van der Waals surface area (Å²) in [7, 11) is -5.81. The maximum Gasteiger partial charge on any atom is 0.472 e. The molecule has 1 aliphatic carbocycles. The van der Waals surface area contributed by atoms with Crippen LogP contribution >= 0.6 is 7.82 Å². The van der Waals surface area contributed by atoms with Crippen molar-refractivity contribution in [3.63, 3.8) is 0 Å². The number of hydrogen-bond acceptors (Lipinski definition) is 24. The van der Waals surface area contributed by atoms with Crippen LogP contribution in [0.1, 0.15) is 419 Å². The van der Waals surface area contributed by atoms with Crippen molar-refractivity contribution in [1.82, 2.24) is 0 Å². The number of ether oxygens (including phenoxy) is 8. The van der Waals surface area contributed by atoms with Crippen molar-refractivity contribution in [1.29, 1.82) is 0 Å². The molecule has 2 saturated heterocycles. The molecule has 0 bridgehead atoms. The van der Waals surface area contributed by atoms with Crippen LogP contribution in [0, 0.1) is 0 Å². The Morgan fingerprint density at radius 1 is 0.331 bits per heavy atom. The Balaban J connectivity index is 1.91. The van der Waals surface area contributed by atoms with E-state index in [1.54, 1.807) is 0 Å². The molecule has 2 heterocycles. The Morgan fingerprint density at radius 2 is 0.636 bits per heavy atom. The van der Waals surface area contributed by atoms with Crippen LogP contribution in [0.25, 0.3) is 0 Å². The van der Waals surface area contributed by atoms with E-state index in [0.29, 0.717) is 32.1 Å². The maximum atomic E-state index is 14.9. The van der Waals surface area contributed by atoms with Gasteiger partial charge in [0.2, 0.25) is 0 Å². The summed E-state index contributed by atoms with van der Waals surface area (Å²) in [6.07, 6.45) is 30.4. The molecule has 694 valence electrons. The van der Waals surface area contributed by atoms with Gasteiger partial charge in [-0.15, -0.1) is 0 Å². The quantitative estimate of drug-likeness (QED) is 0.00889. The molecule has 1 saturated carbocycles. The standard InChI is InChI=1S/C92H171O25P/c1-5-9-13-17-21-25-29-33-36-39-43-47-51-55-59-63-67-78(97)114-87-83(102)84(103)88(115-91-85(104)81(100)79(98)73(68-93)112-91)90(89(87)116-92-86(105)82(101)80(99)74(113-92)71-109-76(95)65-61-57-53-49-44-40-32-28-24-20-16-12-8-4)117-118(106,107)110-70-72(111-77(96)66-62-58-54-50-46-42-38-35-31-27-23-19-15-11-7-3)69-108-75(94)64-60-56-52-48-45-41-37-34-30-26-22-18-14-10-6-2/h26,30,72-74,79-93,98-105H,5-25,27-29,31-71H2,1-4H3,(H,106,107)/b30-26-. The van der Waals surface area contributed by atoms with E-state index >= 15 is 0 Å². The number of phosphoric acid groups is 1. The number of phosphoric ester groups is 1. The van der Waals surface area contributed by atoms with E-state index in [-0.39, 0.29) is 25.7 Å². The normalized spacial score (nSPS) is 24.9. The Hall–Kier alpha value is -2.79. The first-order chi connectivity index (χ1) is 57.2. The van der Waals surface area contributed by atoms with E-state index in [0.717, 1.165) is 148 Å². The lowest BCUT2D eigenvalue weighted by molar-refractivity contribution is -0.360. The van der Waals surface area contributed by atoms with Crippen molar-refractivity contribution in [3.05, 3.63) is 12.2 Å². The van der Waals surface area contributed by atoms with Crippen LogP contribution in [-0.4, -0.2) is 205 Å². The van der Waals surface area contributed by atoms with E-state index in [9.17, 15) is 74.6 Å². The number of rotatable bonds is 78. The van der Waals surface area contributed by atoms with E-state index in [4.69, 9.17) is 46.9 Å². The van der Waals surface area contributed by atoms with Crippen LogP contribution in [0.4, 0.5) is 0 Å². The fraction of sp³-hybridized carbons (Fsp3) is 0.935. The Kier molecular flexibility index (Phi) is 66.2. The van der Waals surface area contributed by atoms with E-state index < -0.39 is 162 Å². The molecule has 0 aromatic carbocycles. The van der Waals surface area contributed by atoms with Crippen LogP contribution < -0.4 is 0 Å². The second kappa shape index (κ2) is 71.4. The van der Waals surface area contributed by atoms with Crippen molar-refractivity contribution in [2.75, 3.05) is 26.4 Å². The second-order valence-electron chi connectivity index (χ2n) is 34.2. The van der Waals surface area contributed by atoms with Crippen LogP contribution in [-0.2, 0) is 70.7 Å². The van der Waals surface area contributed by atoms with Gasteiger partial charge in [-0.1, -0.05) is 354 Å². The van der Waals surface area contributed by atoms with Gasteiger partial charge >= 0.3 is 31.7 Å². The minimum Gasteiger partial charge on any atom is -0.463 e. The molecule has 3 fully saturated rings. The molecular weight excluding hydrogens is 1540 g/mol. The van der Waals surface area contributed by atoms with Gasteiger partial charge in [0.15, 0.2) is 24.8 Å². The van der Waals surface area contributed by atoms with E-state index in [1.807, 2.05) is 0 Å². The van der Waals surface area contributed by atoms with Crippen molar-refractivity contribution in [2.24, 2.45) is 0 Å². The third-order valence-corrected chi connectivity index (χ3v) is 24.5. The number of carbonyl (C=O) groups is 4. The average Bonchev–Trinajstić information content (AvgIpc) is 0.754. The van der Waals surface area contributed by atoms with Crippen molar-refractivity contribution < 1.29 is 122 Å². The zero-order valence-corrected chi connectivity index (χ0v) is 74.9. The van der Waals surface area contributed by atoms with Crippen molar-refractivity contribution >= 4 is 31.7 Å². The summed E-state index contributed by atoms with van der Waals surface area (Å²) in [6.45, 7) is 5.62. The third kappa shape index (κ3) is 51.0. The zero-order valence-electron chi connectivity index (χ0n) is 74.0. The summed E-state index contributed by atoms with van der Waals surface area (Å²) in [5.74, 6) is -2.95. The zero-order chi connectivity index (χ0) is 86.1. The van der Waals surface area contributed by atoms with Gasteiger partial charge in [0, 0.05) is 25.7 Å². The molecule has 0 radical (unpaired) electrons. The SMILES string of the molecule is CCCCCC/C=C\CCCCCCCCCC(=O)OCC(COP(=O)(O)OC1C(OC2OC(CO)C(O)C(O)C2O)C(O)C(O)C(OC(=O)CCCCCCCCCCCCCCCCCC)C1OC1OC(COC(=O)CCCCCCCCCCCCCCC)C(O)C(O)C1O)OC(=O)CCCCCCCCCCCCCCCCC. The lowest BCUT2D eigenvalue weighted by Crippen LogP contribution is -2.70. The predicted octanol–water partition coefficient (Wildman–Crippen LogP) is 17.9. The van der Waals surface area contributed by atoms with Crippen LogP contribution in [0.15, 0.2) is 12.2 Å². The highest BCUT2D eigenvalue weighted by Crippen LogP contribution is 2.49. The minimum absolute atomic E-state index is 0.0187. The molecule has 3 aliphatic rings. The first-order valence-corrected chi connectivity index (χ1v) is 49.4. The second-order valence-corrected chi connectivity index (χ2v) is 35.6. The largest absolute Gasteiger partial charge is 0.472 e. The summed E-state index contributed by atoms with van der Waals surface area (Å²) in [6, 6.07) is 0. The van der Waals surface area contributed by atoms with Crippen LogP contribution in [0.2, 0.25) is 0 Å². The molecule has 0 amide bonds. The number of carbonyl (C=O) groups excluding carboxylic acids is 4. The number of hydrogen-bond donors (Lipinski definition) is 10. The summed E-state index contributed by atoms with van der Waals surface area (Å²) in [5.41, 5.74) is 0. The van der Waals surface area contributed by atoms with Gasteiger partial charge in [-0.05, 0) is 51.4 Å². The highest BCUT2D eigenvalue weighted by atomic mass is 31.2. The Morgan fingerprint density at radius 3 is 1.02 bits per heavy atom. The molecule has 18 atom stereocenters. The van der Waals surface area contributed by atoms with E-state index in [1.165, 1.54) is 186 Å². The molecule has 18 unspecified atom stereocenters. The predicted molar refractivity (Wildman–Crippen MR) is 458 cm³/mol. The van der Waals surface area contributed by atoms with Gasteiger partial charge in [0.25, 0.3) is 0 Å². The Labute approximate surface area is 712 Å². The fourth-order valence-electron chi connectivity index (χ4n) is 15.9. The van der Waals surface area contributed by atoms with Gasteiger partial charge in [-0.3, -0.25) is 28.2 Å². The highest BCUT2D eigenvalue weighted by Gasteiger charge is 2.60. The van der Waals surface area contributed by atoms with E-state index in [2.05, 4.69) is 39.8 Å². The Bertz CT molecular complexity index is 2500. The number of unbranched alkanes of at least 4 members (excludes halogenated alkanes) is 52. The molecule has 0 aromatic rings. The van der Waals surface area contributed by atoms with Gasteiger partial charge < -0.3 is 88.7 Å². The number of aliphatic hydroxyl groups excluding tert-OH is 9. The molecule has 2 aliphatic heterocycles. The molecule has 25 nitrogen and oxygen atoms in total. The highest BCUT2D eigenvalue weighted by molar-refractivity contribution is 7.47.